The molecule has 0 saturated carbocycles. The molecule has 3 rings (SSSR count). The monoisotopic (exact) mass is 558 g/mol. The molecule has 0 aromatic heterocycles. The zero-order valence-corrected chi connectivity index (χ0v) is 21.6. The fourth-order valence-corrected chi connectivity index (χ4v) is 3.77. The molecule has 0 aliphatic heterocycles. The highest BCUT2D eigenvalue weighted by molar-refractivity contribution is 9.10. The van der Waals surface area contributed by atoms with Crippen LogP contribution < -0.4 is 14.8 Å². The quantitative estimate of drug-likeness (QED) is 0.228. The molecule has 0 saturated heterocycles. The Morgan fingerprint density at radius 1 is 1.09 bits per heavy atom. The van der Waals surface area contributed by atoms with Crippen molar-refractivity contribution in [3.8, 4) is 17.6 Å². The molecular weight excluding hydrogens is 539 g/mol. The van der Waals surface area contributed by atoms with Gasteiger partial charge in [0.2, 0.25) is 0 Å². The van der Waals surface area contributed by atoms with Crippen LogP contribution in [0.2, 0.25) is 10.0 Å². The van der Waals surface area contributed by atoms with Gasteiger partial charge in [-0.05, 0) is 73.0 Å². The maximum Gasteiger partial charge on any atom is 0.262 e. The first-order valence-corrected chi connectivity index (χ1v) is 11.9. The van der Waals surface area contributed by atoms with E-state index in [2.05, 4.69) is 27.3 Å². The van der Waals surface area contributed by atoms with E-state index in [4.69, 9.17) is 32.7 Å². The van der Waals surface area contributed by atoms with Gasteiger partial charge in [0.05, 0.1) is 23.3 Å². The van der Waals surface area contributed by atoms with Gasteiger partial charge in [-0.1, -0.05) is 57.3 Å². The second-order valence-corrected chi connectivity index (χ2v) is 8.97. The number of nitriles is 1. The van der Waals surface area contributed by atoms with Crippen molar-refractivity contribution in [1.29, 1.82) is 5.26 Å². The molecule has 5 nitrogen and oxygen atoms in total. The fraction of sp³-hybridized carbons (Fsp3) is 0.154. The van der Waals surface area contributed by atoms with Gasteiger partial charge in [-0.2, -0.15) is 5.26 Å². The number of amides is 1. The maximum atomic E-state index is 12.4. The molecule has 0 aliphatic carbocycles. The van der Waals surface area contributed by atoms with E-state index in [9.17, 15) is 10.1 Å². The second-order valence-electron chi connectivity index (χ2n) is 7.24. The third kappa shape index (κ3) is 6.77. The number of carbonyl (C=O) groups excluding carboxylic acids is 1. The molecule has 1 amide bonds. The highest BCUT2D eigenvalue weighted by Crippen LogP contribution is 2.38. The minimum absolute atomic E-state index is 0.250. The van der Waals surface area contributed by atoms with E-state index in [1.165, 1.54) is 0 Å². The second kappa shape index (κ2) is 11.9. The molecule has 0 bridgehead atoms. The Hall–Kier alpha value is -2.98. The van der Waals surface area contributed by atoms with E-state index in [1.807, 2.05) is 44.2 Å². The number of nitrogens with zero attached hydrogens (tertiary/aromatic N) is 1. The zero-order valence-electron chi connectivity index (χ0n) is 18.5. The van der Waals surface area contributed by atoms with Crippen LogP contribution in [-0.4, -0.2) is 19.1 Å². The van der Waals surface area contributed by atoms with E-state index in [-0.39, 0.29) is 23.3 Å². The average Bonchev–Trinajstić information content (AvgIpc) is 2.80. The van der Waals surface area contributed by atoms with Gasteiger partial charge in [-0.3, -0.25) is 4.79 Å². The van der Waals surface area contributed by atoms with Gasteiger partial charge in [0.1, 0.15) is 0 Å². The summed E-state index contributed by atoms with van der Waals surface area (Å²) in [6.45, 7) is 3.80. The normalized spacial score (nSPS) is 11.0. The summed E-state index contributed by atoms with van der Waals surface area (Å²) in [4.78, 5) is 12.4. The molecule has 34 heavy (non-hydrogen) atoms. The Labute approximate surface area is 217 Å². The third-order valence-electron chi connectivity index (χ3n) is 4.72. The first kappa shape index (κ1) is 25.6. The first-order valence-electron chi connectivity index (χ1n) is 10.3. The lowest BCUT2D eigenvalue weighted by Crippen LogP contribution is -2.20. The molecular formula is C26H21BrCl2N2O3. The smallest absolute Gasteiger partial charge is 0.262 e. The van der Waals surface area contributed by atoms with Gasteiger partial charge in [0, 0.05) is 15.2 Å². The summed E-state index contributed by atoms with van der Waals surface area (Å²) in [5.74, 6) is 0.254. The van der Waals surface area contributed by atoms with E-state index in [0.29, 0.717) is 34.2 Å². The number of halogens is 3. The Bertz CT molecular complexity index is 1270. The van der Waals surface area contributed by atoms with Crippen LogP contribution in [0, 0.1) is 18.3 Å². The number of carbonyl (C=O) groups is 1. The number of rotatable bonds is 8. The number of allylic oxidation sites excluding steroid dienone is 1. The van der Waals surface area contributed by atoms with Crippen molar-refractivity contribution >= 4 is 62.4 Å². The van der Waals surface area contributed by atoms with Gasteiger partial charge in [0.15, 0.2) is 18.1 Å². The van der Waals surface area contributed by atoms with E-state index < -0.39 is 0 Å². The summed E-state index contributed by atoms with van der Waals surface area (Å²) >= 11 is 16.0. The summed E-state index contributed by atoms with van der Waals surface area (Å²) in [6, 6.07) is 18.3. The number of hydrogen-bond acceptors (Lipinski definition) is 4. The molecule has 8 heteroatoms. The largest absolute Gasteiger partial charge is 0.490 e. The lowest BCUT2D eigenvalue weighted by molar-refractivity contribution is -0.118. The molecule has 174 valence electrons. The van der Waals surface area contributed by atoms with Crippen molar-refractivity contribution in [2.45, 2.75) is 13.8 Å². The Morgan fingerprint density at radius 3 is 2.47 bits per heavy atom. The van der Waals surface area contributed by atoms with E-state index in [0.717, 1.165) is 15.6 Å². The summed E-state index contributed by atoms with van der Waals surface area (Å²) in [6.07, 6.45) is 1.72. The summed E-state index contributed by atoms with van der Waals surface area (Å²) < 4.78 is 12.3. The minimum Gasteiger partial charge on any atom is -0.490 e. The van der Waals surface area contributed by atoms with Crippen LogP contribution in [0.1, 0.15) is 23.6 Å². The van der Waals surface area contributed by atoms with Crippen molar-refractivity contribution in [2.24, 2.45) is 0 Å². The van der Waals surface area contributed by atoms with Crippen molar-refractivity contribution in [2.75, 3.05) is 18.5 Å². The fourth-order valence-electron chi connectivity index (χ4n) is 3.06. The number of ether oxygens (including phenoxy) is 2. The Kier molecular flexibility index (Phi) is 9.00. The van der Waals surface area contributed by atoms with Crippen LogP contribution in [0.15, 0.2) is 59.1 Å². The van der Waals surface area contributed by atoms with Crippen molar-refractivity contribution in [3.05, 3.63) is 85.8 Å². The van der Waals surface area contributed by atoms with E-state index in [1.54, 1.807) is 30.3 Å². The topological polar surface area (TPSA) is 71.3 Å². The lowest BCUT2D eigenvalue weighted by Gasteiger charge is -2.15. The van der Waals surface area contributed by atoms with Crippen molar-refractivity contribution in [3.63, 3.8) is 0 Å². The molecule has 0 unspecified atom stereocenters. The highest BCUT2D eigenvalue weighted by Gasteiger charge is 2.15. The standard InChI is InChI=1S/C26H21BrCl2N2O3/c1-3-33-24-12-17(10-19(14-30)18-5-7-20(27)8-6-18)11-23(29)26(24)34-15-25(32)31-21-9-4-16(2)22(28)13-21/h4-13H,3,15H2,1-2H3,(H,31,32)/b19-10+. The molecule has 0 heterocycles. The van der Waals surface area contributed by atoms with Crippen molar-refractivity contribution < 1.29 is 14.3 Å². The number of aryl methyl sites for hydroxylation is 1. The number of hydrogen-bond donors (Lipinski definition) is 1. The SMILES string of the molecule is CCOc1cc(/C=C(\C#N)c2ccc(Br)cc2)cc(Cl)c1OCC(=O)Nc1ccc(C)c(Cl)c1. The third-order valence-corrected chi connectivity index (χ3v) is 5.94. The average molecular weight is 560 g/mol. The van der Waals surface area contributed by atoms with Crippen LogP contribution in [0.4, 0.5) is 5.69 Å². The van der Waals surface area contributed by atoms with Crippen molar-refractivity contribution in [1.82, 2.24) is 0 Å². The predicted molar refractivity (Wildman–Crippen MR) is 141 cm³/mol. The molecule has 0 aliphatic rings. The molecule has 0 fully saturated rings. The van der Waals surface area contributed by atoms with Gasteiger partial charge in [0.25, 0.3) is 5.91 Å². The Balaban J connectivity index is 1.80. The number of anilines is 1. The Morgan fingerprint density at radius 2 is 1.82 bits per heavy atom. The van der Waals surface area contributed by atoms with E-state index >= 15 is 0 Å². The van der Waals surface area contributed by atoms with Crippen LogP contribution >= 0.6 is 39.1 Å². The predicted octanol–water partition coefficient (Wildman–Crippen LogP) is 7.54. The zero-order chi connectivity index (χ0) is 24.7. The number of benzene rings is 3. The summed E-state index contributed by atoms with van der Waals surface area (Å²) in [5, 5.41) is 13.2. The van der Waals surface area contributed by atoms with Crippen LogP contribution in [0.5, 0.6) is 11.5 Å². The van der Waals surface area contributed by atoms with Crippen LogP contribution in [0.25, 0.3) is 11.6 Å². The van der Waals surface area contributed by atoms with Gasteiger partial charge in [-0.15, -0.1) is 0 Å². The minimum atomic E-state index is -0.371. The summed E-state index contributed by atoms with van der Waals surface area (Å²) in [5.41, 5.74) is 3.39. The molecule has 0 radical (unpaired) electrons. The lowest BCUT2D eigenvalue weighted by atomic mass is 10.0. The highest BCUT2D eigenvalue weighted by atomic mass is 79.9. The molecule has 3 aromatic rings. The maximum absolute atomic E-state index is 12.4. The van der Waals surface area contributed by atoms with Gasteiger partial charge >= 0.3 is 0 Å². The van der Waals surface area contributed by atoms with Crippen LogP contribution in [0.3, 0.4) is 0 Å². The van der Waals surface area contributed by atoms with Gasteiger partial charge in [-0.25, -0.2) is 0 Å². The molecule has 0 spiro atoms. The number of nitrogens with one attached hydrogen (secondary N) is 1. The van der Waals surface area contributed by atoms with Gasteiger partial charge < -0.3 is 14.8 Å². The summed E-state index contributed by atoms with van der Waals surface area (Å²) in [7, 11) is 0. The molecule has 0 atom stereocenters. The van der Waals surface area contributed by atoms with Crippen LogP contribution in [-0.2, 0) is 4.79 Å². The molecule has 1 N–H and O–H groups in total. The first-order chi connectivity index (χ1) is 16.3. The molecule has 3 aromatic carbocycles.